The molecule has 0 aromatic heterocycles. The highest BCUT2D eigenvalue weighted by Gasteiger charge is 1.95. The van der Waals surface area contributed by atoms with Gasteiger partial charge >= 0.3 is 0 Å². The molecule has 0 amide bonds. The molecular formula is C18H39NO10. The molecule has 0 aromatic carbocycles. The second kappa shape index (κ2) is 27.6. The molecule has 0 aliphatic heterocycles. The van der Waals surface area contributed by atoms with Crippen LogP contribution < -0.4 is 5.90 Å². The van der Waals surface area contributed by atoms with Crippen LogP contribution in [0.25, 0.3) is 0 Å². The summed E-state index contributed by atoms with van der Waals surface area (Å²) in [6, 6.07) is 0. The van der Waals surface area contributed by atoms with Crippen LogP contribution in [0.4, 0.5) is 0 Å². The lowest BCUT2D eigenvalue weighted by Gasteiger charge is -2.08. The fraction of sp³-hybridized carbons (Fsp3) is 1.00. The quantitative estimate of drug-likeness (QED) is 0.130. The van der Waals surface area contributed by atoms with Crippen molar-refractivity contribution in [1.29, 1.82) is 0 Å². The van der Waals surface area contributed by atoms with Gasteiger partial charge in [-0.2, -0.15) is 0 Å². The lowest BCUT2D eigenvalue weighted by Crippen LogP contribution is -2.15. The Kier molecular flexibility index (Phi) is 27.1. The van der Waals surface area contributed by atoms with Crippen LogP contribution in [0.1, 0.15) is 0 Å². The summed E-state index contributed by atoms with van der Waals surface area (Å²) >= 11 is 0. The highest BCUT2D eigenvalue weighted by molar-refractivity contribution is 4.37. The third kappa shape index (κ3) is 27.6. The van der Waals surface area contributed by atoms with E-state index >= 15 is 0 Å². The highest BCUT2D eigenvalue weighted by Crippen LogP contribution is 1.85. The van der Waals surface area contributed by atoms with E-state index in [0.29, 0.717) is 112 Å². The highest BCUT2D eigenvalue weighted by atomic mass is 16.6. The zero-order valence-electron chi connectivity index (χ0n) is 17.4. The lowest BCUT2D eigenvalue weighted by molar-refractivity contribution is -0.0255. The standard InChI is InChI=1S/C18H39NO10/c19-29-18-17-28-16-15-27-14-13-26-12-11-25-10-9-24-8-7-23-6-5-22-4-3-21-2-1-20/h20H,1-19H2. The number of nitrogens with two attached hydrogens (primary N) is 1. The summed E-state index contributed by atoms with van der Waals surface area (Å²) in [6.07, 6.45) is 0. The van der Waals surface area contributed by atoms with Crippen molar-refractivity contribution in [3.8, 4) is 0 Å². The molecule has 0 rings (SSSR count). The van der Waals surface area contributed by atoms with E-state index in [4.69, 9.17) is 48.9 Å². The molecule has 0 aliphatic carbocycles. The molecule has 0 aromatic rings. The van der Waals surface area contributed by atoms with Gasteiger partial charge in [0.25, 0.3) is 0 Å². The van der Waals surface area contributed by atoms with E-state index in [9.17, 15) is 0 Å². The van der Waals surface area contributed by atoms with Gasteiger partial charge in [-0.05, 0) is 0 Å². The Morgan fingerprint density at radius 1 is 0.345 bits per heavy atom. The van der Waals surface area contributed by atoms with Gasteiger partial charge in [-0.25, -0.2) is 5.90 Å². The molecule has 0 saturated carbocycles. The monoisotopic (exact) mass is 429 g/mol. The van der Waals surface area contributed by atoms with Crippen LogP contribution >= 0.6 is 0 Å². The van der Waals surface area contributed by atoms with Crippen molar-refractivity contribution in [2.75, 3.05) is 119 Å². The van der Waals surface area contributed by atoms with Gasteiger partial charge in [-0.3, -0.25) is 0 Å². The van der Waals surface area contributed by atoms with Crippen molar-refractivity contribution in [2.24, 2.45) is 5.90 Å². The van der Waals surface area contributed by atoms with Gasteiger partial charge < -0.3 is 47.8 Å². The number of ether oxygens (including phenoxy) is 8. The molecule has 0 spiro atoms. The molecule has 11 nitrogen and oxygen atoms in total. The van der Waals surface area contributed by atoms with E-state index in [1.54, 1.807) is 0 Å². The van der Waals surface area contributed by atoms with Gasteiger partial charge in [0.2, 0.25) is 0 Å². The first-order valence-corrected chi connectivity index (χ1v) is 9.96. The predicted molar refractivity (Wildman–Crippen MR) is 104 cm³/mol. The summed E-state index contributed by atoms with van der Waals surface area (Å²) in [5, 5.41) is 8.53. The SMILES string of the molecule is NOCCOCCOCCOCCOCCOCCOCCOCCOCCO. The Balaban J connectivity index is 2.97. The summed E-state index contributed by atoms with van der Waals surface area (Å²) < 4.78 is 42.4. The lowest BCUT2D eigenvalue weighted by atomic mass is 10.6. The normalized spacial score (nSPS) is 11.4. The molecule has 0 atom stereocenters. The Labute approximate surface area is 173 Å². The molecule has 176 valence electrons. The average molecular weight is 430 g/mol. The van der Waals surface area contributed by atoms with E-state index in [1.165, 1.54) is 0 Å². The van der Waals surface area contributed by atoms with Gasteiger partial charge in [0.1, 0.15) is 0 Å². The number of aliphatic hydroxyl groups excluding tert-OH is 1. The van der Waals surface area contributed by atoms with Crippen LogP contribution in [0.5, 0.6) is 0 Å². The minimum Gasteiger partial charge on any atom is -0.394 e. The van der Waals surface area contributed by atoms with Gasteiger partial charge in [0.15, 0.2) is 0 Å². The molecule has 3 N–H and O–H groups in total. The summed E-state index contributed by atoms with van der Waals surface area (Å²) in [7, 11) is 0. The van der Waals surface area contributed by atoms with Crippen molar-refractivity contribution >= 4 is 0 Å². The van der Waals surface area contributed by atoms with Gasteiger partial charge in [-0.15, -0.1) is 0 Å². The van der Waals surface area contributed by atoms with Gasteiger partial charge in [0, 0.05) is 0 Å². The van der Waals surface area contributed by atoms with Crippen molar-refractivity contribution in [1.82, 2.24) is 0 Å². The summed E-state index contributed by atoms with van der Waals surface area (Å²) in [6.45, 7) is 8.34. The zero-order chi connectivity index (χ0) is 21.1. The molecule has 0 heterocycles. The number of rotatable bonds is 26. The first-order chi connectivity index (χ1) is 14.4. The molecular weight excluding hydrogens is 390 g/mol. The smallest absolute Gasteiger partial charge is 0.0913 e. The molecule has 0 radical (unpaired) electrons. The Hall–Kier alpha value is -0.440. The van der Waals surface area contributed by atoms with Crippen molar-refractivity contribution in [3.05, 3.63) is 0 Å². The van der Waals surface area contributed by atoms with E-state index in [-0.39, 0.29) is 6.61 Å². The maximum Gasteiger partial charge on any atom is 0.0913 e. The van der Waals surface area contributed by atoms with E-state index in [2.05, 4.69) is 4.84 Å². The van der Waals surface area contributed by atoms with E-state index < -0.39 is 0 Å². The first kappa shape index (κ1) is 28.6. The fourth-order valence-corrected chi connectivity index (χ4v) is 1.81. The van der Waals surface area contributed by atoms with Crippen LogP contribution in [-0.2, 0) is 42.7 Å². The minimum absolute atomic E-state index is 0.0296. The minimum atomic E-state index is 0.0296. The predicted octanol–water partition coefficient (Wildman–Crippen LogP) is -0.998. The molecule has 0 saturated heterocycles. The van der Waals surface area contributed by atoms with Gasteiger partial charge in [0.05, 0.1) is 119 Å². The number of aliphatic hydroxyl groups is 1. The van der Waals surface area contributed by atoms with E-state index in [1.807, 2.05) is 0 Å². The topological polar surface area (TPSA) is 129 Å². The summed E-state index contributed by atoms with van der Waals surface area (Å²) in [5.74, 6) is 4.87. The van der Waals surface area contributed by atoms with Crippen LogP contribution in [0.3, 0.4) is 0 Å². The number of hydrogen-bond acceptors (Lipinski definition) is 11. The molecule has 0 fully saturated rings. The van der Waals surface area contributed by atoms with Gasteiger partial charge in [-0.1, -0.05) is 0 Å². The second-order valence-corrected chi connectivity index (χ2v) is 5.49. The number of hydrogen-bond donors (Lipinski definition) is 2. The fourth-order valence-electron chi connectivity index (χ4n) is 1.81. The molecule has 0 unspecified atom stereocenters. The summed E-state index contributed by atoms with van der Waals surface area (Å²) in [5.41, 5.74) is 0. The van der Waals surface area contributed by atoms with Crippen LogP contribution in [0, 0.1) is 0 Å². The average Bonchev–Trinajstić information content (AvgIpc) is 2.74. The van der Waals surface area contributed by atoms with Crippen LogP contribution in [0.15, 0.2) is 0 Å². The molecule has 0 bridgehead atoms. The maximum absolute atomic E-state index is 8.53. The third-order valence-electron chi connectivity index (χ3n) is 3.19. The van der Waals surface area contributed by atoms with Crippen LogP contribution in [0.2, 0.25) is 0 Å². The summed E-state index contributed by atoms with van der Waals surface area (Å²) in [4.78, 5) is 4.37. The Morgan fingerprint density at radius 3 is 0.759 bits per heavy atom. The molecule has 11 heteroatoms. The Morgan fingerprint density at radius 2 is 0.552 bits per heavy atom. The second-order valence-electron chi connectivity index (χ2n) is 5.49. The zero-order valence-corrected chi connectivity index (χ0v) is 17.4. The van der Waals surface area contributed by atoms with E-state index in [0.717, 1.165) is 0 Å². The largest absolute Gasteiger partial charge is 0.394 e. The van der Waals surface area contributed by atoms with Crippen LogP contribution in [-0.4, -0.2) is 124 Å². The van der Waals surface area contributed by atoms with Crippen molar-refractivity contribution in [3.63, 3.8) is 0 Å². The van der Waals surface area contributed by atoms with Crippen molar-refractivity contribution < 1.29 is 47.8 Å². The van der Waals surface area contributed by atoms with Crippen molar-refractivity contribution in [2.45, 2.75) is 0 Å². The molecule has 0 aliphatic rings. The third-order valence-corrected chi connectivity index (χ3v) is 3.19. The maximum atomic E-state index is 8.53. The first-order valence-electron chi connectivity index (χ1n) is 9.96. The Bertz CT molecular complexity index is 263. The molecule has 29 heavy (non-hydrogen) atoms.